The fraction of sp³-hybridized carbons (Fsp3) is 0.231. The number of urea groups is 1. The second kappa shape index (κ2) is 7.12. The van der Waals surface area contributed by atoms with Crippen molar-refractivity contribution >= 4 is 23.3 Å². The zero-order valence-corrected chi connectivity index (χ0v) is 17.6. The van der Waals surface area contributed by atoms with Crippen molar-refractivity contribution in [3.8, 4) is 5.75 Å². The van der Waals surface area contributed by atoms with E-state index in [1.807, 2.05) is 66.7 Å². The Morgan fingerprint density at radius 2 is 1.62 bits per heavy atom. The minimum Gasteiger partial charge on any atom is -0.497 e. The predicted molar refractivity (Wildman–Crippen MR) is 122 cm³/mol. The van der Waals surface area contributed by atoms with Gasteiger partial charge in [-0.3, -0.25) is 4.79 Å². The van der Waals surface area contributed by atoms with Crippen LogP contribution in [0.2, 0.25) is 0 Å². The van der Waals surface area contributed by atoms with Crippen LogP contribution in [0.15, 0.2) is 78.9 Å². The van der Waals surface area contributed by atoms with Crippen LogP contribution in [0.25, 0.3) is 0 Å². The number of piperidine rings is 1. The first-order valence-corrected chi connectivity index (χ1v) is 10.9. The summed E-state index contributed by atoms with van der Waals surface area (Å²) in [7, 11) is 1.64. The first kappa shape index (κ1) is 18.9. The van der Waals surface area contributed by atoms with E-state index in [1.54, 1.807) is 12.0 Å². The summed E-state index contributed by atoms with van der Waals surface area (Å²) in [6.07, 6.45) is 0.606. The van der Waals surface area contributed by atoms with E-state index in [0.717, 1.165) is 17.0 Å². The molecule has 0 radical (unpaired) electrons. The minimum absolute atomic E-state index is 0.00971. The Labute approximate surface area is 186 Å². The van der Waals surface area contributed by atoms with Gasteiger partial charge in [0.2, 0.25) is 0 Å². The molecular formula is C26H23N3O3. The van der Waals surface area contributed by atoms with E-state index in [2.05, 4.69) is 17.4 Å². The van der Waals surface area contributed by atoms with Crippen LogP contribution in [-0.2, 0) is 4.79 Å². The quantitative estimate of drug-likeness (QED) is 0.625. The number of hydrogen-bond acceptors (Lipinski definition) is 4. The lowest BCUT2D eigenvalue weighted by atomic mass is 9.78. The van der Waals surface area contributed by atoms with Crippen LogP contribution in [0, 0.1) is 0 Å². The largest absolute Gasteiger partial charge is 0.497 e. The van der Waals surface area contributed by atoms with Gasteiger partial charge >= 0.3 is 6.03 Å². The lowest BCUT2D eigenvalue weighted by Crippen LogP contribution is -2.51. The number of nitrogens with zero attached hydrogens (tertiary/aromatic N) is 2. The van der Waals surface area contributed by atoms with Gasteiger partial charge in [-0.2, -0.15) is 0 Å². The van der Waals surface area contributed by atoms with E-state index in [0.29, 0.717) is 12.1 Å². The van der Waals surface area contributed by atoms with Crippen molar-refractivity contribution in [3.05, 3.63) is 90.0 Å². The van der Waals surface area contributed by atoms with Gasteiger partial charge in [0.05, 0.1) is 24.9 Å². The van der Waals surface area contributed by atoms with E-state index in [4.69, 9.17) is 4.74 Å². The summed E-state index contributed by atoms with van der Waals surface area (Å²) < 4.78 is 5.34. The number of rotatable bonds is 3. The SMILES string of the molecule is COc1ccc(C2C3Nc4ccccc4C3CC3C(=O)N(c4ccccc4)C(=O)N32)cc1. The summed E-state index contributed by atoms with van der Waals surface area (Å²) >= 11 is 0. The van der Waals surface area contributed by atoms with Gasteiger partial charge < -0.3 is 15.0 Å². The van der Waals surface area contributed by atoms with Crippen molar-refractivity contribution in [1.29, 1.82) is 0 Å². The van der Waals surface area contributed by atoms with Gasteiger partial charge in [0.15, 0.2) is 0 Å². The Bertz CT molecular complexity index is 1190. The topological polar surface area (TPSA) is 61.9 Å². The molecule has 6 rings (SSSR count). The highest BCUT2D eigenvalue weighted by Crippen LogP contribution is 2.52. The standard InChI is InChI=1S/C26H23N3O3/c1-32-18-13-11-16(12-14-18)24-23-20(19-9-5-6-10-21(19)27-23)15-22-25(30)28(26(31)29(22)24)17-7-3-2-4-8-17/h2-14,20,22-24,27H,15H2,1H3. The molecule has 3 aromatic carbocycles. The molecule has 3 heterocycles. The Kier molecular flexibility index (Phi) is 4.21. The van der Waals surface area contributed by atoms with Gasteiger partial charge in [-0.15, -0.1) is 0 Å². The first-order valence-electron chi connectivity index (χ1n) is 10.9. The van der Waals surface area contributed by atoms with Gasteiger partial charge in [-0.25, -0.2) is 9.69 Å². The third-order valence-corrected chi connectivity index (χ3v) is 6.96. The first-order chi connectivity index (χ1) is 15.7. The number of methoxy groups -OCH3 is 1. The number of para-hydroxylation sites is 2. The molecule has 2 saturated heterocycles. The van der Waals surface area contributed by atoms with Crippen molar-refractivity contribution in [2.75, 3.05) is 17.3 Å². The summed E-state index contributed by atoms with van der Waals surface area (Å²) in [6.45, 7) is 0. The highest BCUT2D eigenvalue weighted by Gasteiger charge is 2.57. The molecule has 160 valence electrons. The van der Waals surface area contributed by atoms with Gasteiger partial charge in [0.25, 0.3) is 5.91 Å². The third-order valence-electron chi connectivity index (χ3n) is 6.96. The van der Waals surface area contributed by atoms with E-state index in [9.17, 15) is 9.59 Å². The number of ether oxygens (including phenoxy) is 1. The molecule has 3 aromatic rings. The molecule has 0 saturated carbocycles. The maximum absolute atomic E-state index is 13.7. The van der Waals surface area contributed by atoms with Gasteiger partial charge in [0.1, 0.15) is 11.8 Å². The summed E-state index contributed by atoms with van der Waals surface area (Å²) in [4.78, 5) is 30.4. The van der Waals surface area contributed by atoms with Crippen molar-refractivity contribution in [2.24, 2.45) is 0 Å². The average Bonchev–Trinajstić information content (AvgIpc) is 3.33. The summed E-state index contributed by atoms with van der Waals surface area (Å²) in [5.74, 6) is 0.754. The minimum atomic E-state index is -0.496. The summed E-state index contributed by atoms with van der Waals surface area (Å²) in [6, 6.07) is 24.2. The molecule has 3 amide bonds. The van der Waals surface area contributed by atoms with Crippen molar-refractivity contribution in [2.45, 2.75) is 30.5 Å². The number of imide groups is 1. The number of anilines is 2. The van der Waals surface area contributed by atoms with Crippen LogP contribution in [0.3, 0.4) is 0 Å². The number of amides is 3. The molecule has 3 aliphatic heterocycles. The fourth-order valence-electron chi connectivity index (χ4n) is 5.53. The smallest absolute Gasteiger partial charge is 0.332 e. The van der Waals surface area contributed by atoms with Gasteiger partial charge in [-0.05, 0) is 47.9 Å². The number of hydrogen-bond donors (Lipinski definition) is 1. The molecule has 1 N–H and O–H groups in total. The average molecular weight is 425 g/mol. The molecule has 32 heavy (non-hydrogen) atoms. The van der Waals surface area contributed by atoms with Crippen LogP contribution in [0.5, 0.6) is 5.75 Å². The van der Waals surface area contributed by atoms with Crippen molar-refractivity contribution in [1.82, 2.24) is 4.90 Å². The van der Waals surface area contributed by atoms with Crippen LogP contribution in [-0.4, -0.2) is 36.0 Å². The molecule has 0 aliphatic carbocycles. The zero-order chi connectivity index (χ0) is 21.8. The predicted octanol–water partition coefficient (Wildman–Crippen LogP) is 4.56. The third kappa shape index (κ3) is 2.65. The van der Waals surface area contributed by atoms with Gasteiger partial charge in [-0.1, -0.05) is 48.5 Å². The normalized spacial score (nSPS) is 25.8. The maximum atomic E-state index is 13.7. The monoisotopic (exact) mass is 425 g/mol. The van der Waals surface area contributed by atoms with Gasteiger partial charge in [0, 0.05) is 11.6 Å². The Morgan fingerprint density at radius 3 is 2.38 bits per heavy atom. The Morgan fingerprint density at radius 1 is 0.906 bits per heavy atom. The number of carbonyl (C=O) groups excluding carboxylic acids is 2. The Hall–Kier alpha value is -3.80. The number of carbonyl (C=O) groups is 2. The lowest BCUT2D eigenvalue weighted by Gasteiger charge is -2.43. The second-order valence-electron chi connectivity index (χ2n) is 8.53. The number of benzene rings is 3. The molecule has 6 heteroatoms. The van der Waals surface area contributed by atoms with Crippen LogP contribution in [0.1, 0.15) is 29.5 Å². The molecule has 6 nitrogen and oxygen atoms in total. The van der Waals surface area contributed by atoms with Crippen LogP contribution < -0.4 is 15.0 Å². The molecular weight excluding hydrogens is 402 g/mol. The molecule has 4 unspecified atom stereocenters. The fourth-order valence-corrected chi connectivity index (χ4v) is 5.53. The second-order valence-corrected chi connectivity index (χ2v) is 8.53. The van der Waals surface area contributed by atoms with Crippen molar-refractivity contribution in [3.63, 3.8) is 0 Å². The lowest BCUT2D eigenvalue weighted by molar-refractivity contribution is -0.121. The Balaban J connectivity index is 1.47. The summed E-state index contributed by atoms with van der Waals surface area (Å²) in [5, 5.41) is 3.66. The molecule has 2 fully saturated rings. The molecule has 0 spiro atoms. The molecule has 0 bridgehead atoms. The van der Waals surface area contributed by atoms with Crippen molar-refractivity contribution < 1.29 is 14.3 Å². The molecule has 4 atom stereocenters. The summed E-state index contributed by atoms with van der Waals surface area (Å²) in [5.41, 5.74) is 3.90. The molecule has 3 aliphatic rings. The van der Waals surface area contributed by atoms with E-state index >= 15 is 0 Å². The van der Waals surface area contributed by atoms with E-state index in [1.165, 1.54) is 10.5 Å². The number of nitrogens with one attached hydrogen (secondary N) is 1. The van der Waals surface area contributed by atoms with Crippen LogP contribution >= 0.6 is 0 Å². The zero-order valence-electron chi connectivity index (χ0n) is 17.6. The van der Waals surface area contributed by atoms with E-state index < -0.39 is 6.04 Å². The highest BCUT2D eigenvalue weighted by atomic mass is 16.5. The highest BCUT2D eigenvalue weighted by molar-refractivity contribution is 6.21. The molecule has 0 aromatic heterocycles. The maximum Gasteiger partial charge on any atom is 0.332 e. The number of fused-ring (bicyclic) bond motifs is 4. The van der Waals surface area contributed by atoms with Crippen LogP contribution in [0.4, 0.5) is 16.2 Å². The van der Waals surface area contributed by atoms with E-state index in [-0.39, 0.29) is 29.9 Å².